The molecule has 2 heterocycles. The third kappa shape index (κ3) is 2.98. The van der Waals surface area contributed by atoms with Gasteiger partial charge in [0.15, 0.2) is 0 Å². The Morgan fingerprint density at radius 1 is 1.23 bits per heavy atom. The van der Waals surface area contributed by atoms with Crippen LogP contribution in [0.1, 0.15) is 15.9 Å². The molecular formula is C15H13N5O2. The number of carbonyl (C=O) groups is 1. The highest BCUT2D eigenvalue weighted by Gasteiger charge is 2.09. The van der Waals surface area contributed by atoms with Gasteiger partial charge in [-0.1, -0.05) is 18.2 Å². The lowest BCUT2D eigenvalue weighted by molar-refractivity contribution is 0.0601. The van der Waals surface area contributed by atoms with E-state index in [-0.39, 0.29) is 5.97 Å². The summed E-state index contributed by atoms with van der Waals surface area (Å²) in [7, 11) is 1.35. The summed E-state index contributed by atoms with van der Waals surface area (Å²) in [6.07, 6.45) is 3.47. The van der Waals surface area contributed by atoms with Crippen LogP contribution in [0.15, 0.2) is 48.8 Å². The van der Waals surface area contributed by atoms with Gasteiger partial charge in [0.1, 0.15) is 0 Å². The maximum atomic E-state index is 11.4. The molecule has 0 aliphatic heterocycles. The summed E-state index contributed by atoms with van der Waals surface area (Å²) in [5, 5.41) is 12.4. The van der Waals surface area contributed by atoms with Gasteiger partial charge in [0.2, 0.25) is 5.82 Å². The van der Waals surface area contributed by atoms with Crippen LogP contribution in [0, 0.1) is 0 Å². The van der Waals surface area contributed by atoms with Crippen LogP contribution < -0.4 is 0 Å². The minimum atomic E-state index is -0.375. The quantitative estimate of drug-likeness (QED) is 0.679. The summed E-state index contributed by atoms with van der Waals surface area (Å²) >= 11 is 0. The van der Waals surface area contributed by atoms with Gasteiger partial charge in [-0.2, -0.15) is 4.80 Å². The van der Waals surface area contributed by atoms with Crippen LogP contribution in [0.5, 0.6) is 0 Å². The molecule has 0 amide bonds. The van der Waals surface area contributed by atoms with E-state index in [0.29, 0.717) is 17.9 Å². The lowest BCUT2D eigenvalue weighted by Crippen LogP contribution is -2.04. The number of aromatic nitrogens is 5. The minimum absolute atomic E-state index is 0.375. The Kier molecular flexibility index (Phi) is 3.86. The van der Waals surface area contributed by atoms with Gasteiger partial charge in [-0.25, -0.2) is 4.79 Å². The average molecular weight is 295 g/mol. The van der Waals surface area contributed by atoms with Crippen molar-refractivity contribution in [3.05, 3.63) is 59.9 Å². The Bertz CT molecular complexity index is 768. The van der Waals surface area contributed by atoms with Gasteiger partial charge in [0, 0.05) is 18.0 Å². The number of tetrazole rings is 1. The molecule has 0 unspecified atom stereocenters. The van der Waals surface area contributed by atoms with E-state index in [2.05, 4.69) is 25.1 Å². The maximum Gasteiger partial charge on any atom is 0.337 e. The van der Waals surface area contributed by atoms with E-state index in [0.717, 1.165) is 11.1 Å². The first-order valence-electron chi connectivity index (χ1n) is 6.62. The molecule has 0 radical (unpaired) electrons. The van der Waals surface area contributed by atoms with Crippen LogP contribution in [0.25, 0.3) is 11.4 Å². The second-order valence-electron chi connectivity index (χ2n) is 4.57. The summed E-state index contributed by atoms with van der Waals surface area (Å²) in [5.74, 6) is 0.125. The molecule has 3 rings (SSSR count). The van der Waals surface area contributed by atoms with Crippen molar-refractivity contribution < 1.29 is 9.53 Å². The number of esters is 1. The van der Waals surface area contributed by atoms with Crippen molar-refractivity contribution in [2.24, 2.45) is 0 Å². The van der Waals surface area contributed by atoms with Gasteiger partial charge in [-0.15, -0.1) is 10.2 Å². The summed E-state index contributed by atoms with van der Waals surface area (Å²) in [4.78, 5) is 16.9. The molecule has 0 aliphatic rings. The number of carbonyl (C=O) groups excluding carboxylic acids is 1. The molecule has 0 saturated heterocycles. The zero-order valence-electron chi connectivity index (χ0n) is 11.9. The smallest absolute Gasteiger partial charge is 0.337 e. The van der Waals surface area contributed by atoms with Crippen molar-refractivity contribution in [2.75, 3.05) is 7.11 Å². The minimum Gasteiger partial charge on any atom is -0.465 e. The summed E-state index contributed by atoms with van der Waals surface area (Å²) in [5.41, 5.74) is 2.26. The predicted octanol–water partition coefficient (Wildman–Crippen LogP) is 1.57. The zero-order valence-corrected chi connectivity index (χ0v) is 11.9. The Labute approximate surface area is 126 Å². The van der Waals surface area contributed by atoms with E-state index in [1.54, 1.807) is 36.7 Å². The Balaban J connectivity index is 1.77. The first-order valence-corrected chi connectivity index (χ1v) is 6.62. The van der Waals surface area contributed by atoms with Gasteiger partial charge >= 0.3 is 5.97 Å². The van der Waals surface area contributed by atoms with Gasteiger partial charge in [0.25, 0.3) is 0 Å². The van der Waals surface area contributed by atoms with Crippen molar-refractivity contribution in [1.82, 2.24) is 25.2 Å². The molecular weight excluding hydrogens is 282 g/mol. The van der Waals surface area contributed by atoms with Crippen LogP contribution in [-0.2, 0) is 11.3 Å². The number of nitrogens with zero attached hydrogens (tertiary/aromatic N) is 5. The van der Waals surface area contributed by atoms with Crippen molar-refractivity contribution >= 4 is 5.97 Å². The second kappa shape index (κ2) is 6.13. The zero-order chi connectivity index (χ0) is 15.4. The Morgan fingerprint density at radius 3 is 2.73 bits per heavy atom. The molecule has 110 valence electrons. The molecule has 7 nitrogen and oxygen atoms in total. The van der Waals surface area contributed by atoms with Crippen molar-refractivity contribution in [2.45, 2.75) is 6.54 Å². The van der Waals surface area contributed by atoms with Crippen molar-refractivity contribution in [3.63, 3.8) is 0 Å². The van der Waals surface area contributed by atoms with E-state index in [4.69, 9.17) is 0 Å². The SMILES string of the molecule is COC(=O)c1ccc(-c2nnn(Cc3cccnc3)n2)cc1. The molecule has 0 bridgehead atoms. The molecule has 7 heteroatoms. The topological polar surface area (TPSA) is 82.8 Å². The number of rotatable bonds is 4. The fourth-order valence-electron chi connectivity index (χ4n) is 1.95. The van der Waals surface area contributed by atoms with Gasteiger partial charge in [0.05, 0.1) is 19.2 Å². The van der Waals surface area contributed by atoms with Gasteiger partial charge < -0.3 is 4.74 Å². The second-order valence-corrected chi connectivity index (χ2v) is 4.57. The number of hydrogen-bond donors (Lipinski definition) is 0. The molecule has 0 aliphatic carbocycles. The van der Waals surface area contributed by atoms with E-state index in [1.165, 1.54) is 11.9 Å². The Hall–Kier alpha value is -3.09. The molecule has 22 heavy (non-hydrogen) atoms. The summed E-state index contributed by atoms with van der Waals surface area (Å²) < 4.78 is 4.66. The fourth-order valence-corrected chi connectivity index (χ4v) is 1.95. The van der Waals surface area contributed by atoms with Gasteiger partial charge in [-0.3, -0.25) is 4.98 Å². The highest BCUT2D eigenvalue weighted by Crippen LogP contribution is 2.15. The number of ether oxygens (including phenoxy) is 1. The highest BCUT2D eigenvalue weighted by atomic mass is 16.5. The Morgan fingerprint density at radius 2 is 2.05 bits per heavy atom. The first kappa shape index (κ1) is 13.9. The van der Waals surface area contributed by atoms with E-state index >= 15 is 0 Å². The van der Waals surface area contributed by atoms with Crippen molar-refractivity contribution in [1.29, 1.82) is 0 Å². The van der Waals surface area contributed by atoms with Crippen LogP contribution in [0.4, 0.5) is 0 Å². The molecule has 1 aromatic carbocycles. The highest BCUT2D eigenvalue weighted by molar-refractivity contribution is 5.89. The number of methoxy groups -OCH3 is 1. The van der Waals surface area contributed by atoms with Crippen LogP contribution >= 0.6 is 0 Å². The largest absolute Gasteiger partial charge is 0.465 e. The average Bonchev–Trinajstić information content (AvgIpc) is 3.04. The normalized spacial score (nSPS) is 10.4. The maximum absolute atomic E-state index is 11.4. The summed E-state index contributed by atoms with van der Waals surface area (Å²) in [6, 6.07) is 10.7. The number of benzene rings is 1. The molecule has 0 N–H and O–H groups in total. The van der Waals surface area contributed by atoms with Crippen molar-refractivity contribution in [3.8, 4) is 11.4 Å². The van der Waals surface area contributed by atoms with Crippen LogP contribution in [-0.4, -0.2) is 38.3 Å². The molecule has 0 fully saturated rings. The first-order chi connectivity index (χ1) is 10.8. The molecule has 2 aromatic heterocycles. The van der Waals surface area contributed by atoms with E-state index in [9.17, 15) is 4.79 Å². The monoisotopic (exact) mass is 295 g/mol. The molecule has 0 saturated carbocycles. The molecule has 0 atom stereocenters. The third-order valence-corrected chi connectivity index (χ3v) is 3.06. The van der Waals surface area contributed by atoms with Crippen LogP contribution in [0.3, 0.4) is 0 Å². The lowest BCUT2D eigenvalue weighted by Gasteiger charge is -2.00. The number of hydrogen-bond acceptors (Lipinski definition) is 6. The summed E-state index contributed by atoms with van der Waals surface area (Å²) in [6.45, 7) is 0.501. The lowest BCUT2D eigenvalue weighted by atomic mass is 10.1. The van der Waals surface area contributed by atoms with E-state index < -0.39 is 0 Å². The number of pyridine rings is 1. The molecule has 3 aromatic rings. The van der Waals surface area contributed by atoms with Gasteiger partial charge in [-0.05, 0) is 29.0 Å². The fraction of sp³-hybridized carbons (Fsp3) is 0.133. The third-order valence-electron chi connectivity index (χ3n) is 3.06. The van der Waals surface area contributed by atoms with Crippen LogP contribution in [0.2, 0.25) is 0 Å². The molecule has 0 spiro atoms. The van der Waals surface area contributed by atoms with E-state index in [1.807, 2.05) is 12.1 Å². The standard InChI is InChI=1S/C15H13N5O2/c1-22-15(21)13-6-4-12(5-7-13)14-17-19-20(18-14)10-11-3-2-8-16-9-11/h2-9H,10H2,1H3. The predicted molar refractivity (Wildman–Crippen MR) is 77.9 cm³/mol.